The summed E-state index contributed by atoms with van der Waals surface area (Å²) in [6.07, 6.45) is 3.62. The summed E-state index contributed by atoms with van der Waals surface area (Å²) in [4.78, 5) is 38.6. The van der Waals surface area contributed by atoms with Gasteiger partial charge in [0, 0.05) is 24.4 Å². The molecule has 0 spiro atoms. The molecular formula is C24H25NO5. The molecule has 0 unspecified atom stereocenters. The number of aliphatic hydroxyl groups excluding tert-OH is 1. The van der Waals surface area contributed by atoms with Gasteiger partial charge in [0.1, 0.15) is 5.75 Å². The zero-order valence-electron chi connectivity index (χ0n) is 16.8. The van der Waals surface area contributed by atoms with Crippen LogP contribution in [0.5, 0.6) is 5.75 Å². The Morgan fingerprint density at radius 3 is 2.40 bits per heavy atom. The molecule has 1 fully saturated rings. The molecular weight excluding hydrogens is 382 g/mol. The Morgan fingerprint density at radius 2 is 1.70 bits per heavy atom. The molecule has 2 atom stereocenters. The number of amides is 2. The van der Waals surface area contributed by atoms with Crippen LogP contribution >= 0.6 is 0 Å². The van der Waals surface area contributed by atoms with Gasteiger partial charge in [0.15, 0.2) is 5.78 Å². The van der Waals surface area contributed by atoms with Crippen molar-refractivity contribution >= 4 is 17.6 Å². The second kappa shape index (κ2) is 8.79. The van der Waals surface area contributed by atoms with Crippen molar-refractivity contribution in [2.45, 2.75) is 38.2 Å². The molecule has 1 heterocycles. The highest BCUT2D eigenvalue weighted by atomic mass is 16.5. The zero-order chi connectivity index (χ0) is 21.1. The van der Waals surface area contributed by atoms with Crippen LogP contribution in [0.1, 0.15) is 63.2 Å². The normalized spacial score (nSPS) is 20.9. The number of rotatable bonds is 7. The molecule has 0 bridgehead atoms. The maximum absolute atomic E-state index is 12.7. The lowest BCUT2D eigenvalue weighted by Crippen LogP contribution is -2.31. The number of carbonyl (C=O) groups is 3. The summed E-state index contributed by atoms with van der Waals surface area (Å²) < 4.78 is 5.83. The third-order valence-electron chi connectivity index (χ3n) is 5.93. The van der Waals surface area contributed by atoms with Crippen molar-refractivity contribution in [2.75, 3.05) is 13.2 Å². The van der Waals surface area contributed by atoms with Gasteiger partial charge in [-0.3, -0.25) is 19.3 Å². The predicted molar refractivity (Wildman–Crippen MR) is 111 cm³/mol. The first-order chi connectivity index (χ1) is 14.5. The molecule has 2 aliphatic rings. The molecule has 1 aliphatic carbocycles. The maximum Gasteiger partial charge on any atom is 0.261 e. The van der Waals surface area contributed by atoms with Gasteiger partial charge in [0.05, 0.1) is 23.8 Å². The Kier molecular flexibility index (Phi) is 5.95. The molecule has 0 radical (unpaired) electrons. The van der Waals surface area contributed by atoms with Crippen LogP contribution in [0.2, 0.25) is 0 Å². The van der Waals surface area contributed by atoms with E-state index >= 15 is 0 Å². The summed E-state index contributed by atoms with van der Waals surface area (Å²) in [7, 11) is 0. The van der Waals surface area contributed by atoms with Gasteiger partial charge in [-0.15, -0.1) is 0 Å². The van der Waals surface area contributed by atoms with E-state index in [2.05, 4.69) is 0 Å². The van der Waals surface area contributed by atoms with Crippen LogP contribution in [-0.2, 0) is 0 Å². The minimum absolute atomic E-state index is 0.0462. The third kappa shape index (κ3) is 4.14. The number of ketones is 1. The summed E-state index contributed by atoms with van der Waals surface area (Å²) in [5.41, 5.74) is 1.25. The van der Waals surface area contributed by atoms with E-state index in [-0.39, 0.29) is 42.6 Å². The van der Waals surface area contributed by atoms with E-state index in [4.69, 9.17) is 4.74 Å². The molecule has 4 rings (SSSR count). The third-order valence-corrected chi connectivity index (χ3v) is 5.93. The number of Topliss-reactive ketones (excluding diaryl/α,β-unsaturated/α-hetero) is 1. The SMILES string of the molecule is O=C(CCN1C(=O)c2ccccc2C1=O)c1cccc(OC[C@@H]2CCCC[C@@H]2O)c1. The number of ether oxygens (including phenoxy) is 1. The molecule has 0 aromatic heterocycles. The van der Waals surface area contributed by atoms with Crippen molar-refractivity contribution in [1.29, 1.82) is 0 Å². The Balaban J connectivity index is 1.35. The number of nitrogens with zero attached hydrogens (tertiary/aromatic N) is 1. The van der Waals surface area contributed by atoms with E-state index in [0.717, 1.165) is 30.6 Å². The van der Waals surface area contributed by atoms with Gasteiger partial charge < -0.3 is 9.84 Å². The molecule has 30 heavy (non-hydrogen) atoms. The van der Waals surface area contributed by atoms with E-state index < -0.39 is 0 Å². The molecule has 0 saturated heterocycles. The number of fused-ring (bicyclic) bond motifs is 1. The van der Waals surface area contributed by atoms with Crippen molar-refractivity contribution < 1.29 is 24.2 Å². The van der Waals surface area contributed by atoms with Gasteiger partial charge in [0.25, 0.3) is 11.8 Å². The Labute approximate surface area is 175 Å². The molecule has 6 heteroatoms. The van der Waals surface area contributed by atoms with Gasteiger partial charge in [0.2, 0.25) is 0 Å². The Bertz CT molecular complexity index is 935. The lowest BCUT2D eigenvalue weighted by atomic mass is 9.87. The standard InChI is InChI=1S/C24H25NO5/c26-21-11-4-1-6-17(21)15-30-18-8-5-7-16(14-18)22(27)12-13-25-23(28)19-9-2-3-10-20(19)24(25)29/h2-3,5,7-10,14,17,21,26H,1,4,6,11-13,15H2/t17-,21-/m0/s1. The van der Waals surface area contributed by atoms with Crippen LogP contribution in [0.15, 0.2) is 48.5 Å². The van der Waals surface area contributed by atoms with Crippen molar-refractivity contribution in [1.82, 2.24) is 4.90 Å². The smallest absolute Gasteiger partial charge is 0.261 e. The van der Waals surface area contributed by atoms with Crippen molar-refractivity contribution in [3.05, 3.63) is 65.2 Å². The first-order valence-electron chi connectivity index (χ1n) is 10.4. The van der Waals surface area contributed by atoms with Crippen LogP contribution in [0.3, 0.4) is 0 Å². The topological polar surface area (TPSA) is 83.9 Å². The quantitative estimate of drug-likeness (QED) is 0.561. The average molecular weight is 407 g/mol. The van der Waals surface area contributed by atoms with Gasteiger partial charge in [-0.05, 0) is 37.1 Å². The van der Waals surface area contributed by atoms with E-state index in [1.165, 1.54) is 0 Å². The molecule has 1 aliphatic heterocycles. The highest BCUT2D eigenvalue weighted by Gasteiger charge is 2.35. The van der Waals surface area contributed by atoms with Gasteiger partial charge in [-0.1, -0.05) is 37.1 Å². The van der Waals surface area contributed by atoms with E-state index in [1.807, 2.05) is 0 Å². The van der Waals surface area contributed by atoms with Crippen LogP contribution in [0, 0.1) is 5.92 Å². The highest BCUT2D eigenvalue weighted by Crippen LogP contribution is 2.26. The fourth-order valence-corrected chi connectivity index (χ4v) is 4.14. The number of imide groups is 1. The first-order valence-corrected chi connectivity index (χ1v) is 10.4. The Hall–Kier alpha value is -2.99. The molecule has 156 valence electrons. The number of carbonyl (C=O) groups excluding carboxylic acids is 3. The molecule has 2 aromatic carbocycles. The van der Waals surface area contributed by atoms with Gasteiger partial charge >= 0.3 is 0 Å². The van der Waals surface area contributed by atoms with Crippen LogP contribution in [0.4, 0.5) is 0 Å². The number of benzene rings is 2. The second-order valence-electron chi connectivity index (χ2n) is 7.93. The first kappa shape index (κ1) is 20.3. The monoisotopic (exact) mass is 407 g/mol. The molecule has 2 aromatic rings. The van der Waals surface area contributed by atoms with Crippen LogP contribution in [0.25, 0.3) is 0 Å². The van der Waals surface area contributed by atoms with E-state index in [0.29, 0.717) is 29.0 Å². The number of hydrogen-bond acceptors (Lipinski definition) is 5. The van der Waals surface area contributed by atoms with Crippen LogP contribution < -0.4 is 4.74 Å². The van der Waals surface area contributed by atoms with Crippen molar-refractivity contribution in [3.63, 3.8) is 0 Å². The summed E-state index contributed by atoms with van der Waals surface area (Å²) in [5.74, 6) is -0.168. The fraction of sp³-hybridized carbons (Fsp3) is 0.375. The number of hydrogen-bond donors (Lipinski definition) is 1. The second-order valence-corrected chi connectivity index (χ2v) is 7.93. The minimum atomic E-state index is -0.355. The van der Waals surface area contributed by atoms with Gasteiger partial charge in [-0.25, -0.2) is 0 Å². The minimum Gasteiger partial charge on any atom is -0.493 e. The van der Waals surface area contributed by atoms with Crippen molar-refractivity contribution in [3.8, 4) is 5.75 Å². The molecule has 2 amide bonds. The summed E-state index contributed by atoms with van der Waals surface area (Å²) in [5, 5.41) is 10.1. The molecule has 1 saturated carbocycles. The average Bonchev–Trinajstić information content (AvgIpc) is 3.02. The summed E-state index contributed by atoms with van der Waals surface area (Å²) in [6.45, 7) is 0.471. The summed E-state index contributed by atoms with van der Waals surface area (Å²) in [6, 6.07) is 13.6. The van der Waals surface area contributed by atoms with E-state index in [1.54, 1.807) is 48.5 Å². The maximum atomic E-state index is 12.7. The fourth-order valence-electron chi connectivity index (χ4n) is 4.14. The van der Waals surface area contributed by atoms with Crippen molar-refractivity contribution in [2.24, 2.45) is 5.92 Å². The zero-order valence-corrected chi connectivity index (χ0v) is 16.8. The lowest BCUT2D eigenvalue weighted by molar-refractivity contribution is 0.0421. The van der Waals surface area contributed by atoms with Gasteiger partial charge in [-0.2, -0.15) is 0 Å². The largest absolute Gasteiger partial charge is 0.493 e. The Morgan fingerprint density at radius 1 is 1.00 bits per heavy atom. The predicted octanol–water partition coefficient (Wildman–Crippen LogP) is 3.49. The number of aliphatic hydroxyl groups is 1. The molecule has 1 N–H and O–H groups in total. The van der Waals surface area contributed by atoms with E-state index in [9.17, 15) is 19.5 Å². The van der Waals surface area contributed by atoms with Crippen LogP contribution in [-0.4, -0.2) is 46.9 Å². The summed E-state index contributed by atoms with van der Waals surface area (Å²) >= 11 is 0. The molecule has 6 nitrogen and oxygen atoms in total. The highest BCUT2D eigenvalue weighted by molar-refractivity contribution is 6.21. The lowest BCUT2D eigenvalue weighted by Gasteiger charge is -2.27.